The molecule has 2 fully saturated rings. The highest BCUT2D eigenvalue weighted by Gasteiger charge is 2.28. The van der Waals surface area contributed by atoms with Gasteiger partial charge in [0.05, 0.1) is 29.8 Å². The van der Waals surface area contributed by atoms with Gasteiger partial charge >= 0.3 is 0 Å². The largest absolute Gasteiger partial charge is 0.381 e. The minimum atomic E-state index is 0.188. The lowest BCUT2D eigenvalue weighted by atomic mass is 10.1. The summed E-state index contributed by atoms with van der Waals surface area (Å²) in [4.78, 5) is 14.6. The minimum Gasteiger partial charge on any atom is -0.381 e. The van der Waals surface area contributed by atoms with Crippen LogP contribution in [0, 0.1) is 5.92 Å². The van der Waals surface area contributed by atoms with Crippen LogP contribution in [0.25, 0.3) is 11.0 Å². The molecule has 0 radical (unpaired) electrons. The molecule has 1 aromatic carbocycles. The van der Waals surface area contributed by atoms with Gasteiger partial charge in [0.15, 0.2) is 11.6 Å². The fraction of sp³-hybridized carbons (Fsp3) is 0.600. The number of para-hydroxylation sites is 2. The molecule has 0 bridgehead atoms. The molecule has 3 heterocycles. The van der Waals surface area contributed by atoms with Crippen LogP contribution in [0.5, 0.6) is 0 Å². The van der Waals surface area contributed by atoms with Gasteiger partial charge < -0.3 is 19.3 Å². The molecular formula is C20H28N4O2. The molecule has 26 heavy (non-hydrogen) atoms. The van der Waals surface area contributed by atoms with Gasteiger partial charge in [0.25, 0.3) is 0 Å². The summed E-state index contributed by atoms with van der Waals surface area (Å²) in [6.45, 7) is 8.57. The summed E-state index contributed by atoms with van der Waals surface area (Å²) in [5, 5.41) is 0. The lowest BCUT2D eigenvalue weighted by Gasteiger charge is -2.37. The molecule has 140 valence electrons. The molecule has 4 rings (SSSR count). The van der Waals surface area contributed by atoms with Crippen LogP contribution in [0.15, 0.2) is 24.3 Å². The highest BCUT2D eigenvalue weighted by molar-refractivity contribution is 5.81. The third-order valence-electron chi connectivity index (χ3n) is 5.17. The Kier molecular flexibility index (Phi) is 4.96. The molecule has 2 aliphatic rings. The van der Waals surface area contributed by atoms with Crippen LogP contribution in [0.3, 0.4) is 0 Å². The number of nitrogens with zero attached hydrogens (tertiary/aromatic N) is 4. The van der Waals surface area contributed by atoms with Crippen LogP contribution in [0.1, 0.15) is 20.3 Å². The molecular weight excluding hydrogens is 328 g/mol. The van der Waals surface area contributed by atoms with Crippen molar-refractivity contribution in [2.75, 3.05) is 49.7 Å². The number of hydrogen-bond acceptors (Lipinski definition) is 6. The van der Waals surface area contributed by atoms with Crippen LogP contribution in [0.4, 0.5) is 11.6 Å². The maximum Gasteiger partial charge on any atom is 0.172 e. The van der Waals surface area contributed by atoms with E-state index in [1.165, 1.54) is 0 Å². The van der Waals surface area contributed by atoms with Gasteiger partial charge in [0, 0.05) is 39.2 Å². The monoisotopic (exact) mass is 356 g/mol. The Hall–Kier alpha value is -1.92. The van der Waals surface area contributed by atoms with E-state index in [4.69, 9.17) is 19.4 Å². The van der Waals surface area contributed by atoms with E-state index < -0.39 is 0 Å². The quantitative estimate of drug-likeness (QED) is 0.840. The zero-order valence-electron chi connectivity index (χ0n) is 15.9. The van der Waals surface area contributed by atoms with Crippen LogP contribution < -0.4 is 9.80 Å². The first kappa shape index (κ1) is 17.5. The number of anilines is 2. The van der Waals surface area contributed by atoms with Crippen molar-refractivity contribution in [1.29, 1.82) is 0 Å². The molecule has 2 saturated heterocycles. The number of benzene rings is 1. The third kappa shape index (κ3) is 3.62. The van der Waals surface area contributed by atoms with E-state index in [0.29, 0.717) is 5.92 Å². The Labute approximate surface area is 155 Å². The Morgan fingerprint density at radius 2 is 1.81 bits per heavy atom. The van der Waals surface area contributed by atoms with Gasteiger partial charge in [-0.15, -0.1) is 0 Å². The Morgan fingerprint density at radius 1 is 1.12 bits per heavy atom. The number of aromatic nitrogens is 2. The lowest BCUT2D eigenvalue weighted by Crippen LogP contribution is -2.46. The highest BCUT2D eigenvalue weighted by Crippen LogP contribution is 2.30. The minimum absolute atomic E-state index is 0.188. The average Bonchev–Trinajstić information content (AvgIpc) is 3.12. The Balaban J connectivity index is 1.70. The zero-order chi connectivity index (χ0) is 18.1. The fourth-order valence-corrected chi connectivity index (χ4v) is 4.00. The summed E-state index contributed by atoms with van der Waals surface area (Å²) in [6.07, 6.45) is 1.49. The van der Waals surface area contributed by atoms with Crippen molar-refractivity contribution in [1.82, 2.24) is 9.97 Å². The molecule has 0 spiro atoms. The normalized spacial score (nSPS) is 26.4. The predicted octanol–water partition coefficient (Wildman–Crippen LogP) is 2.72. The molecule has 0 aliphatic carbocycles. The van der Waals surface area contributed by atoms with Crippen molar-refractivity contribution in [2.45, 2.75) is 32.5 Å². The molecule has 0 amide bonds. The van der Waals surface area contributed by atoms with Crippen molar-refractivity contribution >= 4 is 22.7 Å². The van der Waals surface area contributed by atoms with E-state index in [-0.39, 0.29) is 12.2 Å². The van der Waals surface area contributed by atoms with Crippen LogP contribution in [-0.4, -0.2) is 62.1 Å². The predicted molar refractivity (Wildman–Crippen MR) is 104 cm³/mol. The van der Waals surface area contributed by atoms with E-state index in [1.807, 2.05) is 24.3 Å². The van der Waals surface area contributed by atoms with E-state index in [2.05, 4.69) is 30.7 Å². The number of hydrogen-bond donors (Lipinski definition) is 0. The van der Waals surface area contributed by atoms with Gasteiger partial charge in [-0.2, -0.15) is 0 Å². The fourth-order valence-electron chi connectivity index (χ4n) is 4.00. The topological polar surface area (TPSA) is 50.7 Å². The van der Waals surface area contributed by atoms with Crippen molar-refractivity contribution < 1.29 is 9.47 Å². The number of fused-ring (bicyclic) bond motifs is 1. The summed E-state index contributed by atoms with van der Waals surface area (Å²) >= 11 is 0. The van der Waals surface area contributed by atoms with E-state index >= 15 is 0 Å². The molecule has 0 saturated carbocycles. The Morgan fingerprint density at radius 3 is 2.46 bits per heavy atom. The number of rotatable bonds is 4. The van der Waals surface area contributed by atoms with Crippen molar-refractivity contribution in [2.24, 2.45) is 5.92 Å². The maximum atomic E-state index is 5.91. The van der Waals surface area contributed by atoms with Crippen molar-refractivity contribution in [3.63, 3.8) is 0 Å². The lowest BCUT2D eigenvalue weighted by molar-refractivity contribution is -0.00542. The second-order valence-corrected chi connectivity index (χ2v) is 7.63. The summed E-state index contributed by atoms with van der Waals surface area (Å²) in [5.41, 5.74) is 1.88. The van der Waals surface area contributed by atoms with Crippen LogP contribution in [-0.2, 0) is 9.47 Å². The second-order valence-electron chi connectivity index (χ2n) is 7.63. The van der Waals surface area contributed by atoms with E-state index in [1.54, 1.807) is 0 Å². The van der Waals surface area contributed by atoms with Crippen LogP contribution >= 0.6 is 0 Å². The molecule has 0 N–H and O–H groups in total. The Bertz CT molecular complexity index is 753. The van der Waals surface area contributed by atoms with Crippen molar-refractivity contribution in [3.05, 3.63) is 24.3 Å². The molecule has 2 aliphatic heterocycles. The second kappa shape index (κ2) is 7.37. The summed E-state index contributed by atoms with van der Waals surface area (Å²) in [6, 6.07) is 8.11. The highest BCUT2D eigenvalue weighted by atomic mass is 16.5. The summed E-state index contributed by atoms with van der Waals surface area (Å²) < 4.78 is 11.5. The van der Waals surface area contributed by atoms with Gasteiger partial charge in [-0.3, -0.25) is 0 Å². The molecule has 6 heteroatoms. The summed E-state index contributed by atoms with van der Waals surface area (Å²) in [7, 11) is 2.12. The maximum absolute atomic E-state index is 5.91. The van der Waals surface area contributed by atoms with E-state index in [9.17, 15) is 0 Å². The first-order valence-corrected chi connectivity index (χ1v) is 9.56. The number of ether oxygens (including phenoxy) is 2. The van der Waals surface area contributed by atoms with Gasteiger partial charge in [-0.25, -0.2) is 9.97 Å². The van der Waals surface area contributed by atoms with Gasteiger partial charge in [0.1, 0.15) is 0 Å². The first-order valence-electron chi connectivity index (χ1n) is 9.56. The van der Waals surface area contributed by atoms with Crippen molar-refractivity contribution in [3.8, 4) is 0 Å². The molecule has 2 aromatic rings. The number of morpholine rings is 1. The molecule has 1 aromatic heterocycles. The standard InChI is InChI=1S/C20H28N4O2/c1-14-10-24(11-15(2)26-14)20-19(23(3)12-16-8-9-25-13-16)21-17-6-4-5-7-18(17)22-20/h4-7,14-16H,8-13H2,1-3H3. The van der Waals surface area contributed by atoms with E-state index in [0.717, 1.165) is 61.9 Å². The van der Waals surface area contributed by atoms with Gasteiger partial charge in [0.2, 0.25) is 0 Å². The van der Waals surface area contributed by atoms with Crippen LogP contribution in [0.2, 0.25) is 0 Å². The SMILES string of the molecule is CC1CN(c2nc3ccccc3nc2N(C)CC2CCOC2)CC(C)O1. The van der Waals surface area contributed by atoms with Gasteiger partial charge in [-0.1, -0.05) is 12.1 Å². The average molecular weight is 356 g/mol. The smallest absolute Gasteiger partial charge is 0.172 e. The molecule has 3 unspecified atom stereocenters. The molecule has 3 atom stereocenters. The summed E-state index contributed by atoms with van der Waals surface area (Å²) in [5.74, 6) is 2.48. The third-order valence-corrected chi connectivity index (χ3v) is 5.17. The first-order chi connectivity index (χ1) is 12.6. The zero-order valence-corrected chi connectivity index (χ0v) is 15.9. The van der Waals surface area contributed by atoms with Gasteiger partial charge in [-0.05, 0) is 32.4 Å². The molecule has 6 nitrogen and oxygen atoms in total.